The topological polar surface area (TPSA) is 24.4 Å². The zero-order valence-electron chi connectivity index (χ0n) is 11.6. The average Bonchev–Trinajstić information content (AvgIpc) is 2.48. The van der Waals surface area contributed by atoms with Crippen LogP contribution in [0, 0.1) is 0 Å². The number of hydrogen-bond donors (Lipinski definition) is 1. The molecule has 0 bridgehead atoms. The second-order valence-corrected chi connectivity index (χ2v) is 5.01. The molecule has 1 unspecified atom stereocenters. The number of para-hydroxylation sites is 1. The largest absolute Gasteiger partial charge is 1.00 e. The van der Waals surface area contributed by atoms with Crippen molar-refractivity contribution in [1.82, 2.24) is 0 Å². The monoisotopic (exact) mass is 397 g/mol. The van der Waals surface area contributed by atoms with Gasteiger partial charge in [-0.05, 0) is 30.9 Å². The van der Waals surface area contributed by atoms with Crippen LogP contribution < -0.4 is 29.3 Å². The third-order valence-electron chi connectivity index (χ3n) is 2.81. The first-order valence-electron chi connectivity index (χ1n) is 6.28. The number of amidine groups is 1. The summed E-state index contributed by atoms with van der Waals surface area (Å²) in [5, 5.41) is 4.28. The minimum atomic E-state index is 0. The molecule has 1 N–H and O–H groups in total. The van der Waals surface area contributed by atoms with E-state index in [-0.39, 0.29) is 30.0 Å². The predicted octanol–water partition coefficient (Wildman–Crippen LogP) is 1.58. The number of nitrogens with zero attached hydrogens (tertiary/aromatic N) is 1. The summed E-state index contributed by atoms with van der Waals surface area (Å²) in [6.45, 7) is 2.11. The van der Waals surface area contributed by atoms with Crippen LogP contribution in [0.4, 0.5) is 5.69 Å². The first-order valence-corrected chi connectivity index (χ1v) is 7.51. The molecule has 0 aliphatic rings. The lowest BCUT2D eigenvalue weighted by molar-refractivity contribution is -0.00000388. The van der Waals surface area contributed by atoms with Crippen molar-refractivity contribution in [2.24, 2.45) is 4.99 Å². The standard InChI is InChI=1S/C16H18N2S.HI/c1-13(14-9-5-3-6-10-14)17-16(19-2)18-15-11-7-4-8-12-15;/h3-13H,1-2H3,(H,17,18);1H/p-1. The second kappa shape index (κ2) is 9.02. The summed E-state index contributed by atoms with van der Waals surface area (Å²) in [6, 6.07) is 20.6. The summed E-state index contributed by atoms with van der Waals surface area (Å²) in [5.41, 5.74) is 2.29. The van der Waals surface area contributed by atoms with Gasteiger partial charge >= 0.3 is 0 Å². The number of halogens is 1. The van der Waals surface area contributed by atoms with Crippen molar-refractivity contribution in [3.8, 4) is 0 Å². The first-order chi connectivity index (χ1) is 9.29. The van der Waals surface area contributed by atoms with Crippen molar-refractivity contribution < 1.29 is 24.0 Å². The Labute approximate surface area is 142 Å². The Bertz CT molecular complexity index is 529. The molecule has 20 heavy (non-hydrogen) atoms. The average molecular weight is 397 g/mol. The highest BCUT2D eigenvalue weighted by atomic mass is 127. The maximum atomic E-state index is 4.73. The fourth-order valence-corrected chi connectivity index (χ4v) is 2.25. The molecule has 0 aliphatic heterocycles. The van der Waals surface area contributed by atoms with Crippen LogP contribution in [-0.4, -0.2) is 11.4 Å². The molecule has 4 heteroatoms. The lowest BCUT2D eigenvalue weighted by Gasteiger charge is -2.11. The number of benzene rings is 2. The quantitative estimate of drug-likeness (QED) is 0.483. The van der Waals surface area contributed by atoms with E-state index in [0.29, 0.717) is 0 Å². The minimum absolute atomic E-state index is 0. The molecule has 0 aromatic heterocycles. The van der Waals surface area contributed by atoms with Crippen LogP contribution >= 0.6 is 11.8 Å². The van der Waals surface area contributed by atoms with Gasteiger partial charge < -0.3 is 29.3 Å². The molecule has 1 atom stereocenters. The van der Waals surface area contributed by atoms with Crippen molar-refractivity contribution in [3.05, 3.63) is 66.2 Å². The summed E-state index contributed by atoms with van der Waals surface area (Å²) in [6.07, 6.45) is 2.03. The van der Waals surface area contributed by atoms with Gasteiger partial charge in [0.25, 0.3) is 0 Å². The Morgan fingerprint density at radius 2 is 1.55 bits per heavy atom. The van der Waals surface area contributed by atoms with Crippen molar-refractivity contribution >= 4 is 22.6 Å². The van der Waals surface area contributed by atoms with Crippen LogP contribution in [0.3, 0.4) is 0 Å². The zero-order chi connectivity index (χ0) is 13.5. The van der Waals surface area contributed by atoms with E-state index < -0.39 is 0 Å². The summed E-state index contributed by atoms with van der Waals surface area (Å²) in [7, 11) is 0. The second-order valence-electron chi connectivity index (χ2n) is 4.22. The Balaban J connectivity index is 0.00000200. The van der Waals surface area contributed by atoms with Gasteiger partial charge in [-0.1, -0.05) is 60.3 Å². The summed E-state index contributed by atoms with van der Waals surface area (Å²) < 4.78 is 0. The highest BCUT2D eigenvalue weighted by Gasteiger charge is 2.05. The third-order valence-corrected chi connectivity index (χ3v) is 3.41. The molecule has 0 amide bonds. The Morgan fingerprint density at radius 3 is 2.10 bits per heavy atom. The molecule has 0 spiro atoms. The Kier molecular flexibility index (Phi) is 7.69. The third kappa shape index (κ3) is 5.17. The fourth-order valence-electron chi connectivity index (χ4n) is 1.76. The maximum absolute atomic E-state index is 4.73. The van der Waals surface area contributed by atoms with E-state index in [0.717, 1.165) is 10.9 Å². The van der Waals surface area contributed by atoms with Crippen LogP contribution in [0.25, 0.3) is 0 Å². The molecule has 0 aliphatic carbocycles. The summed E-state index contributed by atoms with van der Waals surface area (Å²) >= 11 is 1.63. The van der Waals surface area contributed by atoms with E-state index in [1.165, 1.54) is 5.56 Å². The van der Waals surface area contributed by atoms with Gasteiger partial charge in [-0.2, -0.15) is 0 Å². The summed E-state index contributed by atoms with van der Waals surface area (Å²) in [5.74, 6) is 0. The highest BCUT2D eigenvalue weighted by molar-refractivity contribution is 8.13. The molecule has 0 saturated heterocycles. The van der Waals surface area contributed by atoms with E-state index in [1.54, 1.807) is 11.8 Å². The molecule has 2 aromatic rings. The van der Waals surface area contributed by atoms with E-state index >= 15 is 0 Å². The molecule has 0 fully saturated rings. The van der Waals surface area contributed by atoms with Crippen molar-refractivity contribution in [2.45, 2.75) is 13.0 Å². The molecule has 2 rings (SSSR count). The number of hydrogen-bond acceptors (Lipinski definition) is 2. The van der Waals surface area contributed by atoms with Gasteiger partial charge in [0.1, 0.15) is 0 Å². The van der Waals surface area contributed by atoms with Gasteiger partial charge in [-0.15, -0.1) is 0 Å². The normalized spacial score (nSPS) is 12.4. The smallest absolute Gasteiger partial charge is 0.161 e. The van der Waals surface area contributed by atoms with E-state index in [1.807, 2.05) is 54.8 Å². The summed E-state index contributed by atoms with van der Waals surface area (Å²) in [4.78, 5) is 4.73. The number of nitrogens with one attached hydrogen (secondary N) is 1. The molecule has 0 saturated carbocycles. The van der Waals surface area contributed by atoms with Crippen LogP contribution in [0.1, 0.15) is 18.5 Å². The Morgan fingerprint density at radius 1 is 1.00 bits per heavy atom. The number of thioether (sulfide) groups is 1. The molecule has 106 valence electrons. The lowest BCUT2D eigenvalue weighted by atomic mass is 10.1. The fraction of sp³-hybridized carbons (Fsp3) is 0.188. The van der Waals surface area contributed by atoms with Gasteiger partial charge in [0.05, 0.1) is 6.04 Å². The zero-order valence-corrected chi connectivity index (χ0v) is 14.6. The highest BCUT2D eigenvalue weighted by Crippen LogP contribution is 2.19. The number of anilines is 1. The first kappa shape index (κ1) is 17.0. The molecule has 2 nitrogen and oxygen atoms in total. The lowest BCUT2D eigenvalue weighted by Crippen LogP contribution is -3.00. The van der Waals surface area contributed by atoms with Gasteiger partial charge in [-0.3, -0.25) is 4.99 Å². The molecule has 0 heterocycles. The molecular formula is C16H18IN2S-. The molecule has 2 aromatic carbocycles. The SMILES string of the molecule is CSC(=NC(C)c1ccccc1)Nc1ccccc1.[I-]. The van der Waals surface area contributed by atoms with Crippen LogP contribution in [0.5, 0.6) is 0 Å². The van der Waals surface area contributed by atoms with Crippen molar-refractivity contribution in [2.75, 3.05) is 11.6 Å². The van der Waals surface area contributed by atoms with E-state index in [9.17, 15) is 0 Å². The van der Waals surface area contributed by atoms with Crippen molar-refractivity contribution in [1.29, 1.82) is 0 Å². The van der Waals surface area contributed by atoms with E-state index in [4.69, 9.17) is 4.99 Å². The number of aliphatic imine (C=N–C) groups is 1. The van der Waals surface area contributed by atoms with Crippen LogP contribution in [0.2, 0.25) is 0 Å². The van der Waals surface area contributed by atoms with Gasteiger partial charge in [0.15, 0.2) is 5.17 Å². The molecular weight excluding hydrogens is 379 g/mol. The van der Waals surface area contributed by atoms with Crippen LogP contribution in [-0.2, 0) is 0 Å². The van der Waals surface area contributed by atoms with Gasteiger partial charge in [0, 0.05) is 5.69 Å². The predicted molar refractivity (Wildman–Crippen MR) is 85.9 cm³/mol. The minimum Gasteiger partial charge on any atom is -1.00 e. The van der Waals surface area contributed by atoms with Crippen molar-refractivity contribution in [3.63, 3.8) is 0 Å². The maximum Gasteiger partial charge on any atom is 0.161 e. The van der Waals surface area contributed by atoms with Crippen LogP contribution in [0.15, 0.2) is 65.7 Å². The van der Waals surface area contributed by atoms with E-state index in [2.05, 4.69) is 24.4 Å². The van der Waals surface area contributed by atoms with Gasteiger partial charge in [-0.25, -0.2) is 0 Å². The Hall–Kier alpha value is -1.01. The van der Waals surface area contributed by atoms with Gasteiger partial charge in [0.2, 0.25) is 0 Å². The number of rotatable bonds is 3. The molecule has 0 radical (unpaired) electrons.